The molecule has 0 radical (unpaired) electrons. The lowest BCUT2D eigenvalue weighted by molar-refractivity contribution is 0.365. The number of nitrogens with one attached hydrogen (secondary N) is 1. The molecule has 0 saturated carbocycles. The van der Waals surface area contributed by atoms with E-state index in [1.165, 1.54) is 0 Å². The number of fused-ring (bicyclic) bond motifs is 1. The monoisotopic (exact) mass is 318 g/mol. The van der Waals surface area contributed by atoms with E-state index in [2.05, 4.69) is 22.3 Å². The molecule has 1 N–H and O–H groups in total. The van der Waals surface area contributed by atoms with Crippen LogP contribution in [0.1, 0.15) is 25.0 Å². The van der Waals surface area contributed by atoms with Gasteiger partial charge in [-0.25, -0.2) is 9.67 Å². The second kappa shape index (κ2) is 7.15. The summed E-state index contributed by atoms with van der Waals surface area (Å²) in [6.45, 7) is 3.70. The Hall–Kier alpha value is -1.53. The van der Waals surface area contributed by atoms with Crippen LogP contribution in [-0.4, -0.2) is 37.3 Å². The number of hydrogen-bond acceptors (Lipinski definition) is 4. The van der Waals surface area contributed by atoms with Gasteiger partial charge in [0.1, 0.15) is 5.82 Å². The topological polar surface area (TPSA) is 59.8 Å². The molecule has 3 rings (SSSR count). The largest absolute Gasteiger partial charge is 0.311 e. The maximum atomic E-state index is 12.2. The summed E-state index contributed by atoms with van der Waals surface area (Å²) in [5.74, 6) is 2.67. The predicted octanol–water partition coefficient (Wildman–Crippen LogP) is 1.55. The lowest BCUT2D eigenvalue weighted by Crippen LogP contribution is -2.39. The molecule has 6 heteroatoms. The highest BCUT2D eigenvalue weighted by molar-refractivity contribution is 7.85. The summed E-state index contributed by atoms with van der Waals surface area (Å²) < 4.78 is 14.2. The van der Waals surface area contributed by atoms with Crippen LogP contribution >= 0.6 is 0 Å². The van der Waals surface area contributed by atoms with E-state index in [1.807, 2.05) is 35.0 Å². The van der Waals surface area contributed by atoms with Crippen LogP contribution in [0.15, 0.2) is 35.2 Å². The Balaban J connectivity index is 1.48. The minimum Gasteiger partial charge on any atom is -0.311 e. The van der Waals surface area contributed by atoms with Crippen molar-refractivity contribution in [3.8, 4) is 0 Å². The molecule has 0 amide bonds. The highest BCUT2D eigenvalue weighted by Crippen LogP contribution is 2.13. The Labute approximate surface area is 133 Å². The maximum Gasteiger partial charge on any atom is 0.150 e. The Morgan fingerprint density at radius 3 is 2.95 bits per heavy atom. The van der Waals surface area contributed by atoms with E-state index in [0.29, 0.717) is 11.8 Å². The zero-order chi connectivity index (χ0) is 15.4. The fourth-order valence-electron chi connectivity index (χ4n) is 2.72. The molecule has 118 valence electrons. The van der Waals surface area contributed by atoms with Crippen LogP contribution in [0.5, 0.6) is 0 Å². The van der Waals surface area contributed by atoms with Gasteiger partial charge in [0.2, 0.25) is 0 Å². The summed E-state index contributed by atoms with van der Waals surface area (Å²) in [5.41, 5.74) is 0. The molecule has 2 aromatic rings. The third-order valence-electron chi connectivity index (χ3n) is 3.94. The zero-order valence-corrected chi connectivity index (χ0v) is 13.7. The lowest BCUT2D eigenvalue weighted by atomic mass is 10.1. The molecule has 0 unspecified atom stereocenters. The maximum absolute atomic E-state index is 12.2. The summed E-state index contributed by atoms with van der Waals surface area (Å²) in [4.78, 5) is 5.43. The van der Waals surface area contributed by atoms with Gasteiger partial charge in [-0.2, -0.15) is 5.10 Å². The predicted molar refractivity (Wildman–Crippen MR) is 87.2 cm³/mol. The normalized spacial score (nSPS) is 18.9. The minimum atomic E-state index is -0.927. The number of hydrogen-bond donors (Lipinski definition) is 1. The van der Waals surface area contributed by atoms with Crippen molar-refractivity contribution in [3.63, 3.8) is 0 Å². The van der Waals surface area contributed by atoms with Gasteiger partial charge >= 0.3 is 0 Å². The van der Waals surface area contributed by atoms with E-state index in [9.17, 15) is 4.21 Å². The molecule has 1 aliphatic rings. The molecule has 1 aromatic heterocycles. The smallest absolute Gasteiger partial charge is 0.150 e. The van der Waals surface area contributed by atoms with E-state index >= 15 is 0 Å². The van der Waals surface area contributed by atoms with Crippen molar-refractivity contribution in [1.29, 1.82) is 0 Å². The summed E-state index contributed by atoms with van der Waals surface area (Å²) in [6.07, 6.45) is 2.92. The molecule has 0 spiro atoms. The van der Waals surface area contributed by atoms with E-state index < -0.39 is 10.8 Å². The van der Waals surface area contributed by atoms with Crippen LogP contribution in [0.25, 0.3) is 0 Å². The van der Waals surface area contributed by atoms with Gasteiger partial charge in [0, 0.05) is 36.1 Å². The van der Waals surface area contributed by atoms with Gasteiger partial charge in [0.15, 0.2) is 5.82 Å². The minimum absolute atomic E-state index is 0.395. The van der Waals surface area contributed by atoms with Crippen LogP contribution in [0, 0.1) is 0 Å². The molecule has 2 atom stereocenters. The number of aryl methyl sites for hydroxylation is 2. The molecule has 0 saturated heterocycles. The summed E-state index contributed by atoms with van der Waals surface area (Å²) >= 11 is 0. The zero-order valence-electron chi connectivity index (χ0n) is 12.9. The van der Waals surface area contributed by atoms with Crippen molar-refractivity contribution in [2.24, 2.45) is 0 Å². The van der Waals surface area contributed by atoms with Gasteiger partial charge in [-0.3, -0.25) is 4.21 Å². The molecule has 22 heavy (non-hydrogen) atoms. The van der Waals surface area contributed by atoms with E-state index in [0.717, 1.165) is 48.9 Å². The number of nitrogens with zero attached hydrogens (tertiary/aromatic N) is 3. The Kier molecular flexibility index (Phi) is 5.00. The van der Waals surface area contributed by atoms with Crippen molar-refractivity contribution >= 4 is 10.8 Å². The average Bonchev–Trinajstić information content (AvgIpc) is 2.98. The van der Waals surface area contributed by atoms with Gasteiger partial charge < -0.3 is 5.32 Å². The Morgan fingerprint density at radius 1 is 1.36 bits per heavy atom. The van der Waals surface area contributed by atoms with Gasteiger partial charge in [0.05, 0.1) is 17.3 Å². The molecule has 0 fully saturated rings. The third-order valence-corrected chi connectivity index (χ3v) is 5.32. The molecule has 5 nitrogen and oxygen atoms in total. The van der Waals surface area contributed by atoms with Crippen molar-refractivity contribution in [1.82, 2.24) is 20.1 Å². The van der Waals surface area contributed by atoms with Crippen molar-refractivity contribution in [3.05, 3.63) is 42.0 Å². The molecule has 2 heterocycles. The van der Waals surface area contributed by atoms with Crippen molar-refractivity contribution < 1.29 is 4.21 Å². The Morgan fingerprint density at radius 2 is 2.18 bits per heavy atom. The molecule has 0 bridgehead atoms. The second-order valence-corrected chi connectivity index (χ2v) is 7.10. The van der Waals surface area contributed by atoms with Gasteiger partial charge in [-0.05, 0) is 18.6 Å². The van der Waals surface area contributed by atoms with E-state index in [-0.39, 0.29) is 0 Å². The van der Waals surface area contributed by atoms with Crippen LogP contribution < -0.4 is 5.32 Å². The summed E-state index contributed by atoms with van der Waals surface area (Å²) in [6, 6.07) is 10.0. The van der Waals surface area contributed by atoms with Crippen LogP contribution in [0.3, 0.4) is 0 Å². The Bertz CT molecular complexity index is 641. The summed E-state index contributed by atoms with van der Waals surface area (Å²) in [5, 5.41) is 8.02. The van der Waals surface area contributed by atoms with Crippen molar-refractivity contribution in [2.75, 3.05) is 12.3 Å². The first-order valence-electron chi connectivity index (χ1n) is 7.85. The van der Waals surface area contributed by atoms with Gasteiger partial charge in [-0.15, -0.1) is 0 Å². The molecular formula is C16H22N4OS. The molecule has 0 aliphatic carbocycles. The fourth-order valence-corrected chi connectivity index (χ4v) is 3.72. The number of aromatic nitrogens is 3. The second-order valence-electron chi connectivity index (χ2n) is 5.53. The summed E-state index contributed by atoms with van der Waals surface area (Å²) in [7, 11) is -0.927. The van der Waals surface area contributed by atoms with Crippen LogP contribution in [0.4, 0.5) is 0 Å². The average molecular weight is 318 g/mol. The quantitative estimate of drug-likeness (QED) is 0.878. The third kappa shape index (κ3) is 3.62. The van der Waals surface area contributed by atoms with Crippen molar-refractivity contribution in [2.45, 2.75) is 43.7 Å². The van der Waals surface area contributed by atoms with Crippen LogP contribution in [-0.2, 0) is 30.2 Å². The highest BCUT2D eigenvalue weighted by Gasteiger charge is 2.20. The first-order valence-corrected chi connectivity index (χ1v) is 9.17. The SMILES string of the molecule is CCc1nc2n(n1)C[C@H](NCC[S@](=O)c1ccccc1)CC2. The fraction of sp³-hybridized carbons (Fsp3) is 0.500. The number of rotatable bonds is 6. The highest BCUT2D eigenvalue weighted by atomic mass is 32.2. The van der Waals surface area contributed by atoms with Gasteiger partial charge in [-0.1, -0.05) is 25.1 Å². The lowest BCUT2D eigenvalue weighted by Gasteiger charge is -2.23. The molecule has 1 aliphatic heterocycles. The molecule has 1 aromatic carbocycles. The standard InChI is InChI=1S/C16H22N4OS/c1-2-15-18-16-9-8-13(12-20(16)19-15)17-10-11-22(21)14-6-4-3-5-7-14/h3-7,13,17H,2,8-12H2,1H3/t13-,22+/m1/s1. The first kappa shape index (κ1) is 15.4. The van der Waals surface area contributed by atoms with Crippen LogP contribution in [0.2, 0.25) is 0 Å². The van der Waals surface area contributed by atoms with Gasteiger partial charge in [0.25, 0.3) is 0 Å². The van der Waals surface area contributed by atoms with E-state index in [4.69, 9.17) is 0 Å². The number of benzene rings is 1. The molecular weight excluding hydrogens is 296 g/mol. The van der Waals surface area contributed by atoms with E-state index in [1.54, 1.807) is 0 Å². The first-order chi connectivity index (χ1) is 10.8.